The number of benzene rings is 1. The third-order valence-corrected chi connectivity index (χ3v) is 3.32. The molecule has 0 spiro atoms. The van der Waals surface area contributed by atoms with E-state index in [0.717, 1.165) is 12.1 Å². The average Bonchev–Trinajstić information content (AvgIpc) is 2.89. The summed E-state index contributed by atoms with van der Waals surface area (Å²) in [6.45, 7) is 0. The number of aromatic nitrogens is 3. The maximum Gasteiger partial charge on any atom is 0.416 e. The Labute approximate surface area is 128 Å². The van der Waals surface area contributed by atoms with Gasteiger partial charge in [0.1, 0.15) is 0 Å². The van der Waals surface area contributed by atoms with Crippen LogP contribution in [0.4, 0.5) is 13.2 Å². The molecule has 1 amide bonds. The van der Waals surface area contributed by atoms with Crippen molar-refractivity contribution in [3.63, 3.8) is 0 Å². The van der Waals surface area contributed by atoms with Crippen molar-refractivity contribution >= 4 is 11.6 Å². The second-order valence-electron chi connectivity index (χ2n) is 4.96. The molecule has 0 atom stereocenters. The fourth-order valence-electron chi connectivity index (χ4n) is 2.32. The summed E-state index contributed by atoms with van der Waals surface area (Å²) in [6, 6.07) is 6.49. The number of alkyl halides is 3. The normalized spacial score (nSPS) is 11.8. The van der Waals surface area contributed by atoms with E-state index in [2.05, 4.69) is 10.1 Å². The van der Waals surface area contributed by atoms with E-state index < -0.39 is 17.6 Å². The van der Waals surface area contributed by atoms with E-state index in [0.29, 0.717) is 22.5 Å². The lowest BCUT2D eigenvalue weighted by molar-refractivity contribution is -0.137. The summed E-state index contributed by atoms with van der Waals surface area (Å²) in [7, 11) is 0. The highest BCUT2D eigenvalue weighted by Crippen LogP contribution is 2.32. The molecule has 2 aromatic heterocycles. The predicted molar refractivity (Wildman–Crippen MR) is 76.3 cm³/mol. The van der Waals surface area contributed by atoms with E-state index in [1.54, 1.807) is 12.1 Å². The van der Waals surface area contributed by atoms with Crippen molar-refractivity contribution in [2.45, 2.75) is 12.6 Å². The molecular weight excluding hydrogens is 309 g/mol. The van der Waals surface area contributed by atoms with E-state index >= 15 is 0 Å². The minimum atomic E-state index is -4.43. The smallest absolute Gasteiger partial charge is 0.369 e. The fourth-order valence-corrected chi connectivity index (χ4v) is 2.32. The van der Waals surface area contributed by atoms with Gasteiger partial charge in [-0.1, -0.05) is 12.1 Å². The van der Waals surface area contributed by atoms with Crippen molar-refractivity contribution in [1.82, 2.24) is 14.6 Å². The quantitative estimate of drug-likeness (QED) is 0.805. The molecular formula is C15H11F3N4O. The summed E-state index contributed by atoms with van der Waals surface area (Å²) in [6.07, 6.45) is -1.58. The first-order chi connectivity index (χ1) is 10.9. The summed E-state index contributed by atoms with van der Waals surface area (Å²) < 4.78 is 40.0. The third-order valence-electron chi connectivity index (χ3n) is 3.32. The molecule has 2 N–H and O–H groups in total. The number of nitrogens with two attached hydrogens (primary N) is 1. The number of carbonyl (C=O) groups is 1. The molecule has 0 aliphatic heterocycles. The molecule has 0 aliphatic rings. The molecule has 0 radical (unpaired) electrons. The van der Waals surface area contributed by atoms with Crippen molar-refractivity contribution in [3.8, 4) is 11.3 Å². The Morgan fingerprint density at radius 3 is 2.74 bits per heavy atom. The van der Waals surface area contributed by atoms with Crippen LogP contribution in [0.2, 0.25) is 0 Å². The molecule has 0 saturated heterocycles. The molecule has 118 valence electrons. The molecule has 0 bridgehead atoms. The molecule has 8 heteroatoms. The van der Waals surface area contributed by atoms with Crippen LogP contribution in [0.3, 0.4) is 0 Å². The van der Waals surface area contributed by atoms with Crippen LogP contribution in [0.25, 0.3) is 16.9 Å². The van der Waals surface area contributed by atoms with Gasteiger partial charge < -0.3 is 5.73 Å². The Balaban J connectivity index is 2.14. The highest BCUT2D eigenvalue weighted by atomic mass is 19.4. The second-order valence-corrected chi connectivity index (χ2v) is 4.96. The Morgan fingerprint density at radius 1 is 1.26 bits per heavy atom. The zero-order valence-electron chi connectivity index (χ0n) is 11.7. The van der Waals surface area contributed by atoms with Gasteiger partial charge in [-0.05, 0) is 18.2 Å². The van der Waals surface area contributed by atoms with Crippen LogP contribution in [0.5, 0.6) is 0 Å². The van der Waals surface area contributed by atoms with Crippen LogP contribution in [-0.4, -0.2) is 20.5 Å². The standard InChI is InChI=1S/C15H11F3N4O/c16-15(17,18)11-3-1-2-9(6-11)12-4-5-20-14-10(7-13(19)23)8-21-22(12)14/h1-6,8H,7H2,(H2,19,23). The van der Waals surface area contributed by atoms with Crippen molar-refractivity contribution in [2.24, 2.45) is 5.73 Å². The maximum absolute atomic E-state index is 12.9. The highest BCUT2D eigenvalue weighted by molar-refractivity contribution is 5.79. The van der Waals surface area contributed by atoms with Crippen molar-refractivity contribution in [1.29, 1.82) is 0 Å². The molecule has 5 nitrogen and oxygen atoms in total. The molecule has 0 saturated carbocycles. The zero-order chi connectivity index (χ0) is 16.6. The number of nitrogens with zero attached hydrogens (tertiary/aromatic N) is 3. The molecule has 23 heavy (non-hydrogen) atoms. The minimum Gasteiger partial charge on any atom is -0.369 e. The number of primary amides is 1. The number of halogens is 3. The molecule has 3 rings (SSSR count). The van der Waals surface area contributed by atoms with Crippen LogP contribution in [0, 0.1) is 0 Å². The Hall–Kier alpha value is -2.90. The lowest BCUT2D eigenvalue weighted by atomic mass is 10.1. The van der Waals surface area contributed by atoms with E-state index in [1.165, 1.54) is 23.0 Å². The van der Waals surface area contributed by atoms with Gasteiger partial charge >= 0.3 is 6.18 Å². The SMILES string of the molecule is NC(=O)Cc1cnn2c(-c3cccc(C(F)(F)F)c3)ccnc12. The fraction of sp³-hybridized carbons (Fsp3) is 0.133. The molecule has 2 heterocycles. The van der Waals surface area contributed by atoms with E-state index in [-0.39, 0.29) is 6.42 Å². The maximum atomic E-state index is 12.9. The lowest BCUT2D eigenvalue weighted by Gasteiger charge is -2.09. The summed E-state index contributed by atoms with van der Waals surface area (Å²) in [4.78, 5) is 15.2. The van der Waals surface area contributed by atoms with E-state index in [9.17, 15) is 18.0 Å². The van der Waals surface area contributed by atoms with Crippen LogP contribution < -0.4 is 5.73 Å². The van der Waals surface area contributed by atoms with Gasteiger partial charge in [0, 0.05) is 17.3 Å². The van der Waals surface area contributed by atoms with Crippen LogP contribution in [0.1, 0.15) is 11.1 Å². The summed E-state index contributed by atoms with van der Waals surface area (Å²) in [5.41, 5.74) is 6.11. The van der Waals surface area contributed by atoms with Gasteiger partial charge in [-0.2, -0.15) is 18.3 Å². The zero-order valence-corrected chi connectivity index (χ0v) is 11.7. The molecule has 0 unspecified atom stereocenters. The van der Waals surface area contributed by atoms with Gasteiger partial charge in [0.25, 0.3) is 0 Å². The van der Waals surface area contributed by atoms with Crippen molar-refractivity contribution < 1.29 is 18.0 Å². The van der Waals surface area contributed by atoms with Crippen LogP contribution in [0.15, 0.2) is 42.7 Å². The number of rotatable bonds is 3. The van der Waals surface area contributed by atoms with Gasteiger partial charge in [0.2, 0.25) is 5.91 Å². The summed E-state index contributed by atoms with van der Waals surface area (Å²) in [5.74, 6) is -0.536. The largest absolute Gasteiger partial charge is 0.416 e. The number of hydrogen-bond acceptors (Lipinski definition) is 3. The topological polar surface area (TPSA) is 73.3 Å². The van der Waals surface area contributed by atoms with E-state index in [4.69, 9.17) is 5.73 Å². The van der Waals surface area contributed by atoms with E-state index in [1.807, 2.05) is 0 Å². The van der Waals surface area contributed by atoms with Gasteiger partial charge in [0.15, 0.2) is 5.65 Å². The molecule has 1 aromatic carbocycles. The predicted octanol–water partition coefficient (Wildman–Crippen LogP) is 2.44. The number of hydrogen-bond donors (Lipinski definition) is 1. The first-order valence-electron chi connectivity index (χ1n) is 6.64. The monoisotopic (exact) mass is 320 g/mol. The highest BCUT2D eigenvalue weighted by Gasteiger charge is 2.30. The number of carbonyl (C=O) groups excluding carboxylic acids is 1. The number of fused-ring (bicyclic) bond motifs is 1. The van der Waals surface area contributed by atoms with Crippen LogP contribution >= 0.6 is 0 Å². The molecule has 0 fully saturated rings. The second kappa shape index (κ2) is 5.38. The Bertz CT molecular complexity index is 886. The minimum absolute atomic E-state index is 0.0391. The summed E-state index contributed by atoms with van der Waals surface area (Å²) in [5, 5.41) is 4.11. The molecule has 3 aromatic rings. The third kappa shape index (κ3) is 2.87. The summed E-state index contributed by atoms with van der Waals surface area (Å²) >= 11 is 0. The van der Waals surface area contributed by atoms with Gasteiger partial charge in [-0.3, -0.25) is 4.79 Å². The Kier molecular flexibility index (Phi) is 3.51. The van der Waals surface area contributed by atoms with Crippen molar-refractivity contribution in [3.05, 3.63) is 53.9 Å². The average molecular weight is 320 g/mol. The van der Waals surface area contributed by atoms with Gasteiger partial charge in [-0.25, -0.2) is 9.50 Å². The molecule has 0 aliphatic carbocycles. The number of amides is 1. The first-order valence-corrected chi connectivity index (χ1v) is 6.64. The van der Waals surface area contributed by atoms with Crippen molar-refractivity contribution in [2.75, 3.05) is 0 Å². The Morgan fingerprint density at radius 2 is 2.04 bits per heavy atom. The lowest BCUT2D eigenvalue weighted by Crippen LogP contribution is -2.13. The van der Waals surface area contributed by atoms with Crippen LogP contribution in [-0.2, 0) is 17.4 Å². The van der Waals surface area contributed by atoms with Gasteiger partial charge in [0.05, 0.1) is 23.9 Å². The first kappa shape index (κ1) is 15.0. The van der Waals surface area contributed by atoms with Gasteiger partial charge in [-0.15, -0.1) is 0 Å².